The highest BCUT2D eigenvalue weighted by molar-refractivity contribution is 7.13. The first-order chi connectivity index (χ1) is 19.2. The van der Waals surface area contributed by atoms with Crippen molar-refractivity contribution in [2.24, 2.45) is 0 Å². The third-order valence-electron chi connectivity index (χ3n) is 7.62. The minimum absolute atomic E-state index is 0.0119. The molecular formula is C34H28F6Si. The number of aryl methyl sites for hydroxylation is 2. The van der Waals surface area contributed by atoms with Gasteiger partial charge < -0.3 is 0 Å². The summed E-state index contributed by atoms with van der Waals surface area (Å²) in [6, 6.07) is 25.7. The molecule has 210 valence electrons. The molecule has 0 saturated carbocycles. The molecule has 0 aromatic heterocycles. The molecule has 1 heterocycles. The van der Waals surface area contributed by atoms with E-state index in [-0.39, 0.29) is 11.1 Å². The second-order valence-electron chi connectivity index (χ2n) is 11.0. The SMILES string of the molecule is Cc1cccc(C2=C(c3ccccc3C(F)(F)F)[Si](C)(C)C(c3ccccc3C(F)(F)F)=C2c2cccc(C)c2)c1. The van der Waals surface area contributed by atoms with Gasteiger partial charge in [-0.15, -0.1) is 0 Å². The standard InChI is InChI=1S/C34H28F6Si/c1-21-11-9-13-23(19-21)29-30(24-14-10-12-22(2)20-24)32(26-16-6-8-18-28(26)34(38,39)40)41(3,4)31(29)25-15-5-7-17-27(25)33(35,36)37/h5-20H,1-4H3. The molecule has 0 bridgehead atoms. The number of benzene rings is 4. The predicted octanol–water partition coefficient (Wildman–Crippen LogP) is 10.7. The van der Waals surface area contributed by atoms with Crippen molar-refractivity contribution in [2.75, 3.05) is 0 Å². The van der Waals surface area contributed by atoms with Gasteiger partial charge in [0, 0.05) is 0 Å². The summed E-state index contributed by atoms with van der Waals surface area (Å²) in [5.74, 6) is 0. The fourth-order valence-electron chi connectivity index (χ4n) is 6.02. The first kappa shape index (κ1) is 28.7. The predicted molar refractivity (Wildman–Crippen MR) is 156 cm³/mol. The summed E-state index contributed by atoms with van der Waals surface area (Å²) in [4.78, 5) is 0. The molecule has 41 heavy (non-hydrogen) atoms. The monoisotopic (exact) mass is 578 g/mol. The molecule has 5 rings (SSSR count). The van der Waals surface area contributed by atoms with Crippen molar-refractivity contribution < 1.29 is 26.3 Å². The Morgan fingerprint density at radius 1 is 0.488 bits per heavy atom. The molecule has 0 aliphatic carbocycles. The molecule has 7 heteroatoms. The molecule has 0 amide bonds. The zero-order valence-electron chi connectivity index (χ0n) is 23.0. The highest BCUT2D eigenvalue weighted by Crippen LogP contribution is 2.58. The van der Waals surface area contributed by atoms with E-state index in [4.69, 9.17) is 0 Å². The number of hydrogen-bond acceptors (Lipinski definition) is 0. The van der Waals surface area contributed by atoms with Crippen LogP contribution in [0.5, 0.6) is 0 Å². The Bertz CT molecular complexity index is 1580. The molecule has 0 nitrogen and oxygen atoms in total. The van der Waals surface area contributed by atoms with Crippen molar-refractivity contribution in [3.8, 4) is 0 Å². The van der Waals surface area contributed by atoms with E-state index in [1.54, 1.807) is 12.1 Å². The van der Waals surface area contributed by atoms with Crippen LogP contribution < -0.4 is 0 Å². The number of allylic oxidation sites excluding steroid dienone is 2. The van der Waals surface area contributed by atoms with Crippen LogP contribution in [0.3, 0.4) is 0 Å². The maximum Gasteiger partial charge on any atom is 0.416 e. The average Bonchev–Trinajstić information content (AvgIpc) is 3.14. The van der Waals surface area contributed by atoms with Crippen molar-refractivity contribution in [1.29, 1.82) is 0 Å². The average molecular weight is 579 g/mol. The highest BCUT2D eigenvalue weighted by atomic mass is 28.3. The Kier molecular flexibility index (Phi) is 7.14. The number of alkyl halides is 6. The Labute approximate surface area is 236 Å². The van der Waals surface area contributed by atoms with E-state index >= 15 is 0 Å². The van der Waals surface area contributed by atoms with Crippen molar-refractivity contribution in [3.63, 3.8) is 0 Å². The van der Waals surface area contributed by atoms with Gasteiger partial charge in [0.15, 0.2) is 0 Å². The maximum absolute atomic E-state index is 14.5. The summed E-state index contributed by atoms with van der Waals surface area (Å²) < 4.78 is 86.9. The Hall–Kier alpha value is -3.84. The van der Waals surface area contributed by atoms with Crippen LogP contribution in [0.25, 0.3) is 21.5 Å². The molecule has 0 unspecified atom stereocenters. The fourth-order valence-corrected chi connectivity index (χ4v) is 9.84. The normalized spacial score (nSPS) is 15.6. The number of halogens is 6. The van der Waals surface area contributed by atoms with Crippen LogP contribution in [-0.4, -0.2) is 8.07 Å². The van der Waals surface area contributed by atoms with E-state index in [2.05, 4.69) is 0 Å². The minimum Gasteiger partial charge on any atom is -0.166 e. The van der Waals surface area contributed by atoms with Gasteiger partial charge >= 0.3 is 12.4 Å². The molecule has 1 aliphatic heterocycles. The lowest BCUT2D eigenvalue weighted by molar-refractivity contribution is -0.138. The van der Waals surface area contributed by atoms with Crippen LogP contribution >= 0.6 is 0 Å². The van der Waals surface area contributed by atoms with Gasteiger partial charge in [0.2, 0.25) is 0 Å². The van der Waals surface area contributed by atoms with Crippen LogP contribution in [0.1, 0.15) is 44.5 Å². The molecule has 4 aromatic rings. The van der Waals surface area contributed by atoms with E-state index in [1.165, 1.54) is 24.3 Å². The largest absolute Gasteiger partial charge is 0.416 e. The summed E-state index contributed by atoms with van der Waals surface area (Å²) in [7, 11) is -3.27. The smallest absolute Gasteiger partial charge is 0.166 e. The molecule has 0 N–H and O–H groups in total. The summed E-state index contributed by atoms with van der Waals surface area (Å²) in [6.45, 7) is 7.49. The van der Waals surface area contributed by atoms with Crippen LogP contribution in [-0.2, 0) is 12.4 Å². The Morgan fingerprint density at radius 3 is 1.20 bits per heavy atom. The molecule has 4 aromatic carbocycles. The van der Waals surface area contributed by atoms with Crippen molar-refractivity contribution in [1.82, 2.24) is 0 Å². The molecular weight excluding hydrogens is 550 g/mol. The van der Waals surface area contributed by atoms with Gasteiger partial charge in [0.05, 0.1) is 11.1 Å². The van der Waals surface area contributed by atoms with Gasteiger partial charge in [-0.3, -0.25) is 0 Å². The quantitative estimate of drug-likeness (QED) is 0.167. The van der Waals surface area contributed by atoms with Crippen molar-refractivity contribution in [3.05, 3.63) is 142 Å². The van der Waals surface area contributed by atoms with Gasteiger partial charge in [-0.1, -0.05) is 109 Å². The third kappa shape index (κ3) is 5.19. The Balaban J connectivity index is 2.01. The summed E-state index contributed by atoms with van der Waals surface area (Å²) >= 11 is 0. The zero-order chi connectivity index (χ0) is 29.7. The van der Waals surface area contributed by atoms with Crippen molar-refractivity contribution in [2.45, 2.75) is 39.3 Å². The number of rotatable bonds is 4. The van der Waals surface area contributed by atoms with E-state index in [0.717, 1.165) is 23.3 Å². The van der Waals surface area contributed by atoms with Crippen LogP contribution in [0.15, 0.2) is 97.1 Å². The van der Waals surface area contributed by atoms with E-state index in [9.17, 15) is 26.3 Å². The molecule has 0 saturated heterocycles. The molecule has 0 fully saturated rings. The maximum atomic E-state index is 14.5. The van der Waals surface area contributed by atoms with Crippen LogP contribution in [0.4, 0.5) is 26.3 Å². The summed E-state index contributed by atoms with van der Waals surface area (Å²) in [5.41, 5.74) is 2.68. The lowest BCUT2D eigenvalue weighted by Gasteiger charge is -2.29. The van der Waals surface area contributed by atoms with Crippen molar-refractivity contribution >= 4 is 29.6 Å². The first-order valence-corrected chi connectivity index (χ1v) is 16.2. The number of hydrogen-bond donors (Lipinski definition) is 0. The zero-order valence-corrected chi connectivity index (χ0v) is 24.0. The fraction of sp³-hybridized carbons (Fsp3) is 0.176. The molecule has 0 spiro atoms. The second-order valence-corrected chi connectivity index (χ2v) is 15.2. The summed E-state index contributed by atoms with van der Waals surface area (Å²) in [6.07, 6.45) is -9.30. The summed E-state index contributed by atoms with van der Waals surface area (Å²) in [5, 5.41) is 0.944. The highest BCUT2D eigenvalue weighted by Gasteiger charge is 2.48. The van der Waals surface area contributed by atoms with Gasteiger partial charge in [-0.2, -0.15) is 26.3 Å². The van der Waals surface area contributed by atoms with E-state index in [0.29, 0.717) is 32.7 Å². The molecule has 1 aliphatic rings. The van der Waals surface area contributed by atoms with Crippen LogP contribution in [0.2, 0.25) is 13.1 Å². The minimum atomic E-state index is -4.65. The third-order valence-corrected chi connectivity index (χ3v) is 11.2. The Morgan fingerprint density at radius 2 is 0.854 bits per heavy atom. The van der Waals surface area contributed by atoms with Gasteiger partial charge in [-0.05, 0) is 69.8 Å². The molecule has 0 radical (unpaired) electrons. The van der Waals surface area contributed by atoms with E-state index < -0.39 is 31.6 Å². The van der Waals surface area contributed by atoms with E-state index in [1.807, 2.05) is 75.5 Å². The van der Waals surface area contributed by atoms with Gasteiger partial charge in [-0.25, -0.2) is 0 Å². The van der Waals surface area contributed by atoms with Gasteiger partial charge in [0.1, 0.15) is 8.07 Å². The lowest BCUT2D eigenvalue weighted by atomic mass is 9.87. The molecule has 0 atom stereocenters. The van der Waals surface area contributed by atoms with Gasteiger partial charge in [0.25, 0.3) is 0 Å². The van der Waals surface area contributed by atoms with Crippen LogP contribution in [0, 0.1) is 13.8 Å². The first-order valence-electron chi connectivity index (χ1n) is 13.2. The lowest BCUT2D eigenvalue weighted by Crippen LogP contribution is -2.30. The second kappa shape index (κ2) is 10.2. The topological polar surface area (TPSA) is 0 Å².